The second kappa shape index (κ2) is 8.41. The Morgan fingerprint density at radius 2 is 1.51 bits per heavy atom. The maximum absolute atomic E-state index is 13.7. The Hall–Kier alpha value is -3.87. The van der Waals surface area contributed by atoms with E-state index in [1.54, 1.807) is 4.57 Å². The van der Waals surface area contributed by atoms with Crippen LogP contribution in [0.5, 0.6) is 0 Å². The number of aromatic nitrogens is 3. The Bertz CT molecular complexity index is 1830. The Balaban J connectivity index is 1.69. The van der Waals surface area contributed by atoms with Gasteiger partial charge in [-0.3, -0.25) is 9.36 Å². The summed E-state index contributed by atoms with van der Waals surface area (Å²) in [6.45, 7) is 4.09. The van der Waals surface area contributed by atoms with Gasteiger partial charge in [-0.2, -0.15) is 0 Å². The van der Waals surface area contributed by atoms with Crippen molar-refractivity contribution < 1.29 is 0 Å². The summed E-state index contributed by atoms with van der Waals surface area (Å²) in [6.07, 6.45) is 0. The molecular formula is C29H21N3OS2. The third kappa shape index (κ3) is 3.71. The van der Waals surface area contributed by atoms with Crippen LogP contribution >= 0.6 is 23.6 Å². The summed E-state index contributed by atoms with van der Waals surface area (Å²) in [7, 11) is 0. The molecule has 0 aliphatic carbocycles. The zero-order valence-corrected chi connectivity index (χ0v) is 20.8. The van der Waals surface area contributed by atoms with Crippen molar-refractivity contribution in [3.8, 4) is 28.1 Å². The van der Waals surface area contributed by atoms with Crippen molar-refractivity contribution in [2.45, 2.75) is 13.8 Å². The normalized spacial score (nSPS) is 11.4. The fraction of sp³-hybridized carbons (Fsp3) is 0.0690. The number of aromatic amines is 1. The van der Waals surface area contributed by atoms with Crippen LogP contribution in [0.25, 0.3) is 48.5 Å². The lowest BCUT2D eigenvalue weighted by molar-refractivity contribution is 0.943. The molecule has 3 heterocycles. The van der Waals surface area contributed by atoms with Crippen molar-refractivity contribution in [2.24, 2.45) is 0 Å². The Labute approximate surface area is 211 Å². The quantitative estimate of drug-likeness (QED) is 0.259. The monoisotopic (exact) mass is 491 g/mol. The van der Waals surface area contributed by atoms with Crippen LogP contribution in [-0.2, 0) is 0 Å². The number of fused-ring (bicyclic) bond motifs is 3. The maximum atomic E-state index is 13.7. The molecule has 6 rings (SSSR count). The number of H-pyrrole nitrogens is 1. The van der Waals surface area contributed by atoms with Crippen molar-refractivity contribution in [1.82, 2.24) is 14.5 Å². The SMILES string of the molecule is Cc1ccc(-c2cc(-c3ccccc3)c3c(n2)sc2c(=O)n(-c4ccc(C)cc4)c(=S)[nH]c23)cc1. The van der Waals surface area contributed by atoms with Crippen molar-refractivity contribution in [2.75, 3.05) is 0 Å². The largest absolute Gasteiger partial charge is 0.330 e. The van der Waals surface area contributed by atoms with E-state index in [1.165, 1.54) is 16.9 Å². The number of benzene rings is 3. The summed E-state index contributed by atoms with van der Waals surface area (Å²) >= 11 is 7.08. The van der Waals surface area contributed by atoms with Crippen LogP contribution in [-0.4, -0.2) is 14.5 Å². The smallest absolute Gasteiger partial charge is 0.276 e. The summed E-state index contributed by atoms with van der Waals surface area (Å²) < 4.78 is 2.54. The summed E-state index contributed by atoms with van der Waals surface area (Å²) in [4.78, 5) is 22.9. The third-order valence-corrected chi connectivity index (χ3v) is 7.57. The summed E-state index contributed by atoms with van der Waals surface area (Å²) in [5, 5.41) is 0.923. The highest BCUT2D eigenvalue weighted by atomic mass is 32.1. The molecule has 0 aliphatic rings. The predicted molar refractivity (Wildman–Crippen MR) is 148 cm³/mol. The van der Waals surface area contributed by atoms with Crippen molar-refractivity contribution in [3.05, 3.63) is 111 Å². The van der Waals surface area contributed by atoms with Gasteiger partial charge in [0.25, 0.3) is 5.56 Å². The van der Waals surface area contributed by atoms with Gasteiger partial charge in [0.2, 0.25) is 0 Å². The molecule has 170 valence electrons. The first-order valence-corrected chi connectivity index (χ1v) is 12.5. The summed E-state index contributed by atoms with van der Waals surface area (Å²) in [6, 6.07) is 28.5. The Kier molecular flexibility index (Phi) is 5.20. The number of hydrogen-bond acceptors (Lipinski definition) is 4. The van der Waals surface area contributed by atoms with Gasteiger partial charge in [0, 0.05) is 10.9 Å². The first-order chi connectivity index (χ1) is 17.0. The molecule has 0 spiro atoms. The zero-order valence-electron chi connectivity index (χ0n) is 19.2. The Morgan fingerprint density at radius 1 is 0.857 bits per heavy atom. The van der Waals surface area contributed by atoms with E-state index >= 15 is 0 Å². The van der Waals surface area contributed by atoms with E-state index < -0.39 is 0 Å². The maximum Gasteiger partial charge on any atom is 0.276 e. The van der Waals surface area contributed by atoms with E-state index in [0.29, 0.717) is 9.47 Å². The molecule has 3 aromatic heterocycles. The molecule has 0 saturated carbocycles. The molecule has 0 atom stereocenters. The molecule has 0 saturated heterocycles. The van der Waals surface area contributed by atoms with Gasteiger partial charge in [-0.1, -0.05) is 77.9 Å². The van der Waals surface area contributed by atoms with Gasteiger partial charge in [-0.05, 0) is 55.4 Å². The molecule has 6 heteroatoms. The first-order valence-electron chi connectivity index (χ1n) is 11.3. The van der Waals surface area contributed by atoms with Gasteiger partial charge in [0.15, 0.2) is 4.77 Å². The Morgan fingerprint density at radius 3 is 2.20 bits per heavy atom. The molecule has 1 N–H and O–H groups in total. The number of rotatable bonds is 3. The van der Waals surface area contributed by atoms with Gasteiger partial charge < -0.3 is 4.98 Å². The highest BCUT2D eigenvalue weighted by Gasteiger charge is 2.19. The molecule has 0 fully saturated rings. The molecule has 4 nitrogen and oxygen atoms in total. The lowest BCUT2D eigenvalue weighted by Crippen LogP contribution is -2.19. The molecule has 0 radical (unpaired) electrons. The van der Waals surface area contributed by atoms with E-state index in [0.717, 1.165) is 49.4 Å². The lowest BCUT2D eigenvalue weighted by Gasteiger charge is -2.09. The molecule has 0 unspecified atom stereocenters. The van der Waals surface area contributed by atoms with Gasteiger partial charge in [-0.15, -0.1) is 11.3 Å². The molecule has 3 aromatic carbocycles. The van der Waals surface area contributed by atoms with Crippen molar-refractivity contribution in [3.63, 3.8) is 0 Å². The fourth-order valence-electron chi connectivity index (χ4n) is 4.37. The van der Waals surface area contributed by atoms with Crippen LogP contribution < -0.4 is 5.56 Å². The third-order valence-electron chi connectivity index (χ3n) is 6.22. The standard InChI is InChI=1S/C29H21N3OS2/c1-17-8-12-20(13-9-17)23-16-22(19-6-4-3-5-7-19)24-25-26(35-27(24)30-23)28(33)32(29(34)31-25)21-14-10-18(2)11-15-21/h3-16H,1-2H3,(H,31,34). The number of nitrogens with zero attached hydrogens (tertiary/aromatic N) is 2. The van der Waals surface area contributed by atoms with E-state index in [2.05, 4.69) is 54.4 Å². The molecule has 35 heavy (non-hydrogen) atoms. The van der Waals surface area contributed by atoms with Crippen LogP contribution in [0, 0.1) is 18.6 Å². The number of thiophene rings is 1. The van der Waals surface area contributed by atoms with Crippen LogP contribution in [0.4, 0.5) is 0 Å². The lowest BCUT2D eigenvalue weighted by atomic mass is 9.99. The van der Waals surface area contributed by atoms with E-state index in [9.17, 15) is 4.79 Å². The van der Waals surface area contributed by atoms with Crippen LogP contribution in [0.3, 0.4) is 0 Å². The van der Waals surface area contributed by atoms with Crippen molar-refractivity contribution >= 4 is 44.0 Å². The topological polar surface area (TPSA) is 50.7 Å². The highest BCUT2D eigenvalue weighted by molar-refractivity contribution is 7.71. The van der Waals surface area contributed by atoms with E-state index in [-0.39, 0.29) is 5.56 Å². The predicted octanol–water partition coefficient (Wildman–Crippen LogP) is 7.61. The van der Waals surface area contributed by atoms with Gasteiger partial charge in [0.1, 0.15) is 9.53 Å². The number of nitrogens with one attached hydrogen (secondary N) is 1. The molecule has 0 amide bonds. The second-order valence-corrected chi connectivity index (χ2v) is 10.1. The average molecular weight is 492 g/mol. The number of pyridine rings is 1. The molecule has 0 bridgehead atoms. The second-order valence-electron chi connectivity index (χ2n) is 8.68. The first kappa shape index (κ1) is 21.6. The summed E-state index contributed by atoms with van der Waals surface area (Å²) in [5.41, 5.74) is 7.68. The minimum absolute atomic E-state index is 0.133. The highest BCUT2D eigenvalue weighted by Crippen LogP contribution is 2.39. The van der Waals surface area contributed by atoms with Crippen LogP contribution in [0.1, 0.15) is 11.1 Å². The minimum atomic E-state index is -0.133. The van der Waals surface area contributed by atoms with Crippen LogP contribution in [0.2, 0.25) is 0 Å². The van der Waals surface area contributed by atoms with Gasteiger partial charge in [0.05, 0.1) is 16.9 Å². The van der Waals surface area contributed by atoms with Gasteiger partial charge in [-0.25, -0.2) is 4.98 Å². The van der Waals surface area contributed by atoms with E-state index in [4.69, 9.17) is 17.2 Å². The molecule has 6 aromatic rings. The fourth-order valence-corrected chi connectivity index (χ4v) is 5.75. The zero-order chi connectivity index (χ0) is 24.1. The summed E-state index contributed by atoms with van der Waals surface area (Å²) in [5.74, 6) is 0. The van der Waals surface area contributed by atoms with Crippen LogP contribution in [0.15, 0.2) is 89.7 Å². The average Bonchev–Trinajstić information content (AvgIpc) is 3.24. The van der Waals surface area contributed by atoms with Crippen molar-refractivity contribution in [1.29, 1.82) is 0 Å². The minimum Gasteiger partial charge on any atom is -0.330 e. The van der Waals surface area contributed by atoms with Gasteiger partial charge >= 0.3 is 0 Å². The number of hydrogen-bond donors (Lipinski definition) is 1. The molecule has 0 aliphatic heterocycles. The number of aryl methyl sites for hydroxylation is 2. The van der Waals surface area contributed by atoms with E-state index in [1.807, 2.05) is 49.4 Å². The molecular weight excluding hydrogens is 470 g/mol.